The first-order chi connectivity index (χ1) is 10.3. The molecule has 2 rings (SSSR count). The fraction of sp³-hybridized carbons (Fsp3) is 0.500. The van der Waals surface area contributed by atoms with Crippen molar-refractivity contribution in [3.8, 4) is 5.75 Å². The van der Waals surface area contributed by atoms with E-state index in [2.05, 4.69) is 10.6 Å². The summed E-state index contributed by atoms with van der Waals surface area (Å²) in [4.78, 5) is 23.9. The Hall–Kier alpha value is -2.24. The molecule has 0 saturated carbocycles. The van der Waals surface area contributed by atoms with Crippen LogP contribution in [0.15, 0.2) is 24.3 Å². The maximum Gasteiger partial charge on any atom is 0.408 e. The molecule has 22 heavy (non-hydrogen) atoms. The average molecular weight is 306 g/mol. The van der Waals surface area contributed by atoms with Gasteiger partial charge in [-0.25, -0.2) is 4.79 Å². The first-order valence-corrected chi connectivity index (χ1v) is 7.21. The van der Waals surface area contributed by atoms with Gasteiger partial charge < -0.3 is 20.1 Å². The molecule has 0 aromatic heterocycles. The fourth-order valence-corrected chi connectivity index (χ4v) is 2.38. The van der Waals surface area contributed by atoms with Crippen molar-refractivity contribution in [2.75, 3.05) is 13.7 Å². The van der Waals surface area contributed by atoms with Gasteiger partial charge in [0.1, 0.15) is 17.4 Å². The summed E-state index contributed by atoms with van der Waals surface area (Å²) in [6.07, 6.45) is -0.590. The first kappa shape index (κ1) is 16.1. The molecule has 1 aliphatic heterocycles. The van der Waals surface area contributed by atoms with Crippen LogP contribution in [0.2, 0.25) is 0 Å². The molecule has 1 fully saturated rings. The molecule has 2 N–H and O–H groups in total. The van der Waals surface area contributed by atoms with E-state index in [1.54, 1.807) is 27.9 Å². The Morgan fingerprint density at radius 2 is 1.91 bits per heavy atom. The summed E-state index contributed by atoms with van der Waals surface area (Å²) in [5.74, 6) is 0.412. The van der Waals surface area contributed by atoms with Crippen molar-refractivity contribution in [2.24, 2.45) is 0 Å². The zero-order valence-electron chi connectivity index (χ0n) is 13.3. The van der Waals surface area contributed by atoms with E-state index in [1.807, 2.05) is 24.3 Å². The second kappa shape index (κ2) is 6.25. The molecule has 1 saturated heterocycles. The lowest BCUT2D eigenvalue weighted by Crippen LogP contribution is -2.45. The lowest BCUT2D eigenvalue weighted by molar-refractivity contribution is -0.121. The molecule has 0 spiro atoms. The van der Waals surface area contributed by atoms with Gasteiger partial charge in [-0.15, -0.1) is 0 Å². The first-order valence-electron chi connectivity index (χ1n) is 7.21. The van der Waals surface area contributed by atoms with E-state index in [0.717, 1.165) is 11.3 Å². The number of amides is 2. The normalized spacial score (nSPS) is 21.2. The van der Waals surface area contributed by atoms with Crippen molar-refractivity contribution in [1.82, 2.24) is 10.6 Å². The number of carbonyl (C=O) groups excluding carboxylic acids is 2. The molecule has 2 amide bonds. The van der Waals surface area contributed by atoms with E-state index in [4.69, 9.17) is 9.47 Å². The van der Waals surface area contributed by atoms with Gasteiger partial charge in [-0.05, 0) is 38.5 Å². The summed E-state index contributed by atoms with van der Waals surface area (Å²) >= 11 is 0. The van der Waals surface area contributed by atoms with Crippen LogP contribution in [0.25, 0.3) is 0 Å². The predicted octanol–water partition coefficient (Wildman–Crippen LogP) is 1.80. The average Bonchev–Trinajstić information content (AvgIpc) is 2.78. The van der Waals surface area contributed by atoms with Gasteiger partial charge in [0.2, 0.25) is 5.91 Å². The number of nitrogens with one attached hydrogen (secondary N) is 2. The largest absolute Gasteiger partial charge is 0.497 e. The monoisotopic (exact) mass is 306 g/mol. The van der Waals surface area contributed by atoms with Gasteiger partial charge in [0.25, 0.3) is 0 Å². The number of methoxy groups -OCH3 is 1. The summed E-state index contributed by atoms with van der Waals surface area (Å²) in [5, 5.41) is 5.43. The molecular formula is C16H22N2O4. The van der Waals surface area contributed by atoms with Gasteiger partial charge in [-0.2, -0.15) is 0 Å². The second-order valence-electron chi connectivity index (χ2n) is 6.25. The fourth-order valence-electron chi connectivity index (χ4n) is 2.38. The van der Waals surface area contributed by atoms with E-state index in [1.165, 1.54) is 0 Å². The van der Waals surface area contributed by atoms with Gasteiger partial charge in [-0.1, -0.05) is 12.1 Å². The Morgan fingerprint density at radius 1 is 1.27 bits per heavy atom. The van der Waals surface area contributed by atoms with Crippen molar-refractivity contribution < 1.29 is 19.1 Å². The zero-order valence-corrected chi connectivity index (χ0v) is 13.3. The molecule has 0 radical (unpaired) electrons. The Morgan fingerprint density at radius 3 is 2.45 bits per heavy atom. The van der Waals surface area contributed by atoms with Gasteiger partial charge in [0.15, 0.2) is 0 Å². The molecule has 6 nitrogen and oxygen atoms in total. The summed E-state index contributed by atoms with van der Waals surface area (Å²) in [6, 6.07) is 6.83. The summed E-state index contributed by atoms with van der Waals surface area (Å²) in [7, 11) is 1.60. The zero-order chi connectivity index (χ0) is 16.3. The molecule has 0 unspecified atom stereocenters. The number of hydrogen-bond donors (Lipinski definition) is 2. The van der Waals surface area contributed by atoms with Crippen molar-refractivity contribution in [3.05, 3.63) is 29.8 Å². The van der Waals surface area contributed by atoms with Crippen LogP contribution in [-0.2, 0) is 9.53 Å². The molecule has 1 aromatic rings. The highest BCUT2D eigenvalue weighted by Gasteiger charge is 2.37. The Balaban J connectivity index is 2.10. The van der Waals surface area contributed by atoms with Gasteiger partial charge in [0.05, 0.1) is 7.11 Å². The predicted molar refractivity (Wildman–Crippen MR) is 81.9 cm³/mol. The van der Waals surface area contributed by atoms with Crippen LogP contribution in [0.4, 0.5) is 4.79 Å². The molecular weight excluding hydrogens is 284 g/mol. The van der Waals surface area contributed by atoms with Crippen LogP contribution in [0.5, 0.6) is 5.75 Å². The molecule has 1 heterocycles. The van der Waals surface area contributed by atoms with Crippen molar-refractivity contribution in [1.29, 1.82) is 0 Å². The van der Waals surface area contributed by atoms with E-state index in [0.29, 0.717) is 6.54 Å². The van der Waals surface area contributed by atoms with Crippen molar-refractivity contribution in [2.45, 2.75) is 38.3 Å². The van der Waals surface area contributed by atoms with Crippen LogP contribution < -0.4 is 15.4 Å². The minimum absolute atomic E-state index is 0.133. The molecule has 1 aliphatic rings. The smallest absolute Gasteiger partial charge is 0.408 e. The highest BCUT2D eigenvalue weighted by atomic mass is 16.6. The minimum Gasteiger partial charge on any atom is -0.497 e. The van der Waals surface area contributed by atoms with E-state index >= 15 is 0 Å². The summed E-state index contributed by atoms with van der Waals surface area (Å²) in [5.41, 5.74) is 0.356. The summed E-state index contributed by atoms with van der Waals surface area (Å²) in [6.45, 7) is 5.82. The van der Waals surface area contributed by atoms with Gasteiger partial charge >= 0.3 is 6.09 Å². The van der Waals surface area contributed by atoms with Crippen LogP contribution in [0.1, 0.15) is 32.3 Å². The quantitative estimate of drug-likeness (QED) is 0.893. The highest BCUT2D eigenvalue weighted by Crippen LogP contribution is 2.26. The van der Waals surface area contributed by atoms with Crippen LogP contribution >= 0.6 is 0 Å². The summed E-state index contributed by atoms with van der Waals surface area (Å²) < 4.78 is 10.3. The standard InChI is InChI=1S/C16H22N2O4/c1-16(2,3)22-15(20)18-13-12(9-17-14(13)19)10-5-7-11(21-4)8-6-10/h5-8,12-13H,9H2,1-4H3,(H,17,19)(H,18,20)/t12-,13-/m0/s1. The topological polar surface area (TPSA) is 76.7 Å². The Labute approximate surface area is 130 Å². The second-order valence-corrected chi connectivity index (χ2v) is 6.25. The molecule has 2 atom stereocenters. The number of benzene rings is 1. The maximum absolute atomic E-state index is 12.0. The van der Waals surface area contributed by atoms with Crippen molar-refractivity contribution in [3.63, 3.8) is 0 Å². The molecule has 6 heteroatoms. The third kappa shape index (κ3) is 3.90. The molecule has 0 aliphatic carbocycles. The van der Waals surface area contributed by atoms with Gasteiger partial charge in [-0.3, -0.25) is 4.79 Å². The highest BCUT2D eigenvalue weighted by molar-refractivity contribution is 5.89. The molecule has 120 valence electrons. The van der Waals surface area contributed by atoms with E-state index in [-0.39, 0.29) is 11.8 Å². The van der Waals surface area contributed by atoms with Crippen LogP contribution in [0, 0.1) is 0 Å². The van der Waals surface area contributed by atoms with Crippen LogP contribution in [0.3, 0.4) is 0 Å². The van der Waals surface area contributed by atoms with Crippen LogP contribution in [-0.4, -0.2) is 37.3 Å². The number of carbonyl (C=O) groups is 2. The number of hydrogen-bond acceptors (Lipinski definition) is 4. The van der Waals surface area contributed by atoms with Gasteiger partial charge in [0, 0.05) is 12.5 Å². The number of ether oxygens (including phenoxy) is 2. The third-order valence-corrected chi connectivity index (χ3v) is 3.40. The Bertz CT molecular complexity index is 548. The number of rotatable bonds is 3. The third-order valence-electron chi connectivity index (χ3n) is 3.40. The lowest BCUT2D eigenvalue weighted by atomic mass is 9.94. The lowest BCUT2D eigenvalue weighted by Gasteiger charge is -2.23. The van der Waals surface area contributed by atoms with Crippen molar-refractivity contribution >= 4 is 12.0 Å². The SMILES string of the molecule is COc1ccc([C@@H]2CNC(=O)[C@H]2NC(=O)OC(C)(C)C)cc1. The Kier molecular flexibility index (Phi) is 4.59. The van der Waals surface area contributed by atoms with E-state index in [9.17, 15) is 9.59 Å². The van der Waals surface area contributed by atoms with E-state index < -0.39 is 17.7 Å². The molecule has 1 aromatic carbocycles. The maximum atomic E-state index is 12.0. The molecule has 0 bridgehead atoms. The minimum atomic E-state index is -0.636. The number of alkyl carbamates (subject to hydrolysis) is 1.